The van der Waals surface area contributed by atoms with Crippen LogP contribution in [-0.2, 0) is 18.4 Å². The van der Waals surface area contributed by atoms with Crippen LogP contribution in [0.2, 0.25) is 0 Å². The zero-order valence-electron chi connectivity index (χ0n) is 20.7. The van der Waals surface area contributed by atoms with E-state index in [1.54, 1.807) is 35.5 Å². The van der Waals surface area contributed by atoms with Gasteiger partial charge >= 0.3 is 0 Å². The van der Waals surface area contributed by atoms with Gasteiger partial charge in [0.15, 0.2) is 5.78 Å². The van der Waals surface area contributed by atoms with Gasteiger partial charge in [0.1, 0.15) is 0 Å². The third-order valence-electron chi connectivity index (χ3n) is 6.21. The molecule has 0 aliphatic carbocycles. The van der Waals surface area contributed by atoms with Gasteiger partial charge < -0.3 is 4.90 Å². The molecule has 0 saturated heterocycles. The zero-order chi connectivity index (χ0) is 25.8. The molecule has 0 saturated carbocycles. The largest absolute Gasteiger partial charge is 0.302 e. The van der Waals surface area contributed by atoms with Gasteiger partial charge in [0, 0.05) is 24.2 Å². The van der Waals surface area contributed by atoms with E-state index in [2.05, 4.69) is 40.4 Å². The number of hydrogen-bond acceptors (Lipinski definition) is 4. The van der Waals surface area contributed by atoms with Crippen molar-refractivity contribution in [2.45, 2.75) is 13.5 Å². The number of nitrogens with zero attached hydrogens (tertiary/aromatic N) is 4. The van der Waals surface area contributed by atoms with Gasteiger partial charge in [-0.15, -0.1) is 0 Å². The van der Waals surface area contributed by atoms with Gasteiger partial charge in [-0.25, -0.2) is 0 Å². The Labute approximate surface area is 215 Å². The fourth-order valence-electron chi connectivity index (χ4n) is 4.24. The molecule has 6 heteroatoms. The van der Waals surface area contributed by atoms with Crippen molar-refractivity contribution in [3.8, 4) is 11.1 Å². The summed E-state index contributed by atoms with van der Waals surface area (Å²) >= 11 is 0. The lowest BCUT2D eigenvalue weighted by atomic mass is 10.0. The second-order valence-electron chi connectivity index (χ2n) is 8.92. The minimum absolute atomic E-state index is 0.0506. The number of aromatic nitrogens is 3. The van der Waals surface area contributed by atoms with Crippen molar-refractivity contribution >= 4 is 34.4 Å². The Morgan fingerprint density at radius 3 is 2.41 bits per heavy atom. The fraction of sp³-hybridized carbons (Fsp3) is 0.0968. The van der Waals surface area contributed by atoms with Crippen molar-refractivity contribution in [1.29, 1.82) is 0 Å². The molecule has 3 aromatic carbocycles. The Morgan fingerprint density at radius 2 is 1.65 bits per heavy atom. The number of fused-ring (bicyclic) bond motifs is 1. The number of pyridine rings is 1. The van der Waals surface area contributed by atoms with Gasteiger partial charge in [0.05, 0.1) is 30.1 Å². The lowest BCUT2D eigenvalue weighted by Gasteiger charge is -2.23. The SMILES string of the molecule is CC(=O)/C=C/c1cncc(N(Cc2ccc(-c3ccc4c(cnn4C)c3)cc2)C(=O)c2ccccc2)c1. The van der Waals surface area contributed by atoms with Crippen LogP contribution in [-0.4, -0.2) is 26.5 Å². The van der Waals surface area contributed by atoms with Gasteiger partial charge in [0.2, 0.25) is 0 Å². The van der Waals surface area contributed by atoms with Crippen LogP contribution in [0.25, 0.3) is 28.1 Å². The average Bonchev–Trinajstić information content (AvgIpc) is 3.31. The van der Waals surface area contributed by atoms with Gasteiger partial charge in [0.25, 0.3) is 5.91 Å². The van der Waals surface area contributed by atoms with Crippen molar-refractivity contribution < 1.29 is 9.59 Å². The van der Waals surface area contributed by atoms with Crippen LogP contribution in [0, 0.1) is 0 Å². The monoisotopic (exact) mass is 486 g/mol. The second-order valence-corrected chi connectivity index (χ2v) is 8.92. The molecule has 37 heavy (non-hydrogen) atoms. The quantitative estimate of drug-likeness (QED) is 0.261. The predicted octanol–water partition coefficient (Wildman–Crippen LogP) is 6.08. The highest BCUT2D eigenvalue weighted by molar-refractivity contribution is 6.06. The molecule has 0 N–H and O–H groups in total. The van der Waals surface area contributed by atoms with Crippen LogP contribution in [0.3, 0.4) is 0 Å². The molecular weight excluding hydrogens is 460 g/mol. The first-order chi connectivity index (χ1) is 18.0. The number of benzene rings is 3. The van der Waals surface area contributed by atoms with Crippen molar-refractivity contribution in [3.05, 3.63) is 120 Å². The number of rotatable bonds is 7. The number of hydrogen-bond donors (Lipinski definition) is 0. The summed E-state index contributed by atoms with van der Waals surface area (Å²) in [7, 11) is 1.93. The molecule has 2 heterocycles. The summed E-state index contributed by atoms with van der Waals surface area (Å²) in [5.74, 6) is -0.174. The summed E-state index contributed by atoms with van der Waals surface area (Å²) in [4.78, 5) is 31.0. The highest BCUT2D eigenvalue weighted by Gasteiger charge is 2.19. The molecule has 182 valence electrons. The Kier molecular flexibility index (Phi) is 6.72. The van der Waals surface area contributed by atoms with E-state index in [4.69, 9.17) is 0 Å². The molecule has 5 aromatic rings. The summed E-state index contributed by atoms with van der Waals surface area (Å²) in [5.41, 5.74) is 6.27. The molecular formula is C31H26N4O2. The summed E-state index contributed by atoms with van der Waals surface area (Å²) in [6, 6.07) is 25.6. The molecule has 6 nitrogen and oxygen atoms in total. The predicted molar refractivity (Wildman–Crippen MR) is 147 cm³/mol. The first-order valence-electron chi connectivity index (χ1n) is 12.0. The molecule has 0 aliphatic rings. The maximum absolute atomic E-state index is 13.6. The highest BCUT2D eigenvalue weighted by atomic mass is 16.2. The third kappa shape index (κ3) is 5.38. The Balaban J connectivity index is 1.45. The summed E-state index contributed by atoms with van der Waals surface area (Å²) in [6.45, 7) is 1.87. The summed E-state index contributed by atoms with van der Waals surface area (Å²) < 4.78 is 1.86. The van der Waals surface area contributed by atoms with E-state index in [9.17, 15) is 9.59 Å². The molecule has 0 fully saturated rings. The van der Waals surface area contributed by atoms with Gasteiger partial charge in [-0.2, -0.15) is 5.10 Å². The lowest BCUT2D eigenvalue weighted by Crippen LogP contribution is -2.30. The van der Waals surface area contributed by atoms with Crippen molar-refractivity contribution in [1.82, 2.24) is 14.8 Å². The van der Waals surface area contributed by atoms with E-state index in [1.165, 1.54) is 13.0 Å². The molecule has 0 aliphatic heterocycles. The zero-order valence-corrected chi connectivity index (χ0v) is 20.7. The Hall–Kier alpha value is -4.84. The Morgan fingerprint density at radius 1 is 0.892 bits per heavy atom. The molecule has 1 amide bonds. The van der Waals surface area contributed by atoms with Gasteiger partial charge in [-0.1, -0.05) is 48.5 Å². The molecule has 0 atom stereocenters. The summed E-state index contributed by atoms with van der Waals surface area (Å²) in [5, 5.41) is 5.42. The smallest absolute Gasteiger partial charge is 0.258 e. The number of carbonyl (C=O) groups excluding carboxylic acids is 2. The number of carbonyl (C=O) groups is 2. The van der Waals surface area contributed by atoms with E-state index in [1.807, 2.05) is 54.3 Å². The first-order valence-corrected chi connectivity index (χ1v) is 12.0. The maximum Gasteiger partial charge on any atom is 0.258 e. The highest BCUT2D eigenvalue weighted by Crippen LogP contribution is 2.26. The van der Waals surface area contributed by atoms with Crippen LogP contribution in [0.5, 0.6) is 0 Å². The molecule has 5 rings (SSSR count). The lowest BCUT2D eigenvalue weighted by molar-refractivity contribution is -0.112. The van der Waals surface area contributed by atoms with Crippen LogP contribution in [0.1, 0.15) is 28.4 Å². The van der Waals surface area contributed by atoms with Crippen LogP contribution >= 0.6 is 0 Å². The third-order valence-corrected chi connectivity index (χ3v) is 6.21. The molecule has 0 spiro atoms. The van der Waals surface area contributed by atoms with E-state index >= 15 is 0 Å². The topological polar surface area (TPSA) is 68.1 Å². The van der Waals surface area contributed by atoms with Crippen molar-refractivity contribution in [2.24, 2.45) is 7.05 Å². The van der Waals surface area contributed by atoms with E-state index < -0.39 is 0 Å². The van der Waals surface area contributed by atoms with Crippen LogP contribution in [0.4, 0.5) is 5.69 Å². The van der Waals surface area contributed by atoms with Crippen molar-refractivity contribution in [3.63, 3.8) is 0 Å². The minimum atomic E-state index is -0.124. The van der Waals surface area contributed by atoms with E-state index in [-0.39, 0.29) is 11.7 Å². The van der Waals surface area contributed by atoms with Crippen LogP contribution < -0.4 is 4.90 Å². The number of anilines is 1. The average molecular weight is 487 g/mol. The summed E-state index contributed by atoms with van der Waals surface area (Å²) in [6.07, 6.45) is 8.41. The number of amides is 1. The fourth-order valence-corrected chi connectivity index (χ4v) is 4.24. The van der Waals surface area contributed by atoms with Gasteiger partial charge in [-0.3, -0.25) is 19.3 Å². The molecule has 0 radical (unpaired) electrons. The molecule has 0 unspecified atom stereocenters. The van der Waals surface area contributed by atoms with E-state index in [0.717, 1.165) is 33.2 Å². The standard InChI is InChI=1S/C31H26N4O2/c1-22(36)8-9-24-16-29(20-32-18-24)35(31(37)26-6-4-3-5-7-26)21-23-10-12-25(13-11-23)27-14-15-30-28(17-27)19-33-34(30)2/h3-20H,21H2,1-2H3/b9-8+. The normalized spacial score (nSPS) is 11.2. The van der Waals surface area contributed by atoms with Crippen molar-refractivity contribution in [2.75, 3.05) is 4.90 Å². The Bertz CT molecular complexity index is 1600. The maximum atomic E-state index is 13.6. The van der Waals surface area contributed by atoms with Gasteiger partial charge in [-0.05, 0) is 71.7 Å². The number of aryl methyl sites for hydroxylation is 1. The number of allylic oxidation sites excluding steroid dienone is 1. The molecule has 2 aromatic heterocycles. The minimum Gasteiger partial charge on any atom is -0.302 e. The van der Waals surface area contributed by atoms with Crippen LogP contribution in [0.15, 0.2) is 104 Å². The number of ketones is 1. The first kappa shape index (κ1) is 23.9. The second kappa shape index (κ2) is 10.4. The van der Waals surface area contributed by atoms with E-state index in [0.29, 0.717) is 17.8 Å². The molecule has 0 bridgehead atoms.